The Morgan fingerprint density at radius 2 is 1.94 bits per heavy atom. The van der Waals surface area contributed by atoms with Gasteiger partial charge in [0.05, 0.1) is 20.8 Å². The van der Waals surface area contributed by atoms with Crippen molar-refractivity contribution in [3.63, 3.8) is 0 Å². The Bertz CT molecular complexity index is 383. The number of aliphatic hydroxyl groups is 1. The van der Waals surface area contributed by atoms with Crippen molar-refractivity contribution in [1.29, 1.82) is 0 Å². The molecule has 0 amide bonds. The van der Waals surface area contributed by atoms with Gasteiger partial charge >= 0.3 is 0 Å². The minimum atomic E-state index is 0.164. The molecule has 1 fully saturated rings. The van der Waals surface area contributed by atoms with Crippen LogP contribution in [0.5, 0.6) is 11.5 Å². The molecule has 100 valence electrons. The quantitative estimate of drug-likeness (QED) is 0.873. The molecule has 2 rings (SSSR count). The second kappa shape index (κ2) is 6.10. The molecular formula is C15H22O3. The van der Waals surface area contributed by atoms with Gasteiger partial charge < -0.3 is 14.6 Å². The fourth-order valence-corrected chi connectivity index (χ4v) is 2.99. The molecule has 18 heavy (non-hydrogen) atoms. The van der Waals surface area contributed by atoms with Crippen LogP contribution in [0.15, 0.2) is 18.2 Å². The van der Waals surface area contributed by atoms with E-state index in [9.17, 15) is 5.11 Å². The molecular weight excluding hydrogens is 228 g/mol. The highest BCUT2D eigenvalue weighted by Crippen LogP contribution is 2.41. The lowest BCUT2D eigenvalue weighted by atomic mass is 9.85. The first-order valence-electron chi connectivity index (χ1n) is 6.63. The summed E-state index contributed by atoms with van der Waals surface area (Å²) >= 11 is 0. The van der Waals surface area contributed by atoms with Gasteiger partial charge in [-0.2, -0.15) is 0 Å². The zero-order chi connectivity index (χ0) is 13.0. The van der Waals surface area contributed by atoms with Crippen molar-refractivity contribution >= 4 is 0 Å². The molecule has 0 aliphatic heterocycles. The van der Waals surface area contributed by atoms with Gasteiger partial charge in [-0.3, -0.25) is 0 Å². The Labute approximate surface area is 109 Å². The molecule has 1 aliphatic rings. The summed E-state index contributed by atoms with van der Waals surface area (Å²) in [6.45, 7) is 0.175. The van der Waals surface area contributed by atoms with Gasteiger partial charge in [-0.15, -0.1) is 0 Å². The van der Waals surface area contributed by atoms with E-state index in [2.05, 4.69) is 0 Å². The first kappa shape index (κ1) is 13.2. The van der Waals surface area contributed by atoms with Crippen molar-refractivity contribution < 1.29 is 14.6 Å². The van der Waals surface area contributed by atoms with Gasteiger partial charge in [-0.25, -0.2) is 0 Å². The largest absolute Gasteiger partial charge is 0.497 e. The molecule has 3 heteroatoms. The molecule has 0 aromatic heterocycles. The summed E-state index contributed by atoms with van der Waals surface area (Å²) in [6, 6.07) is 5.81. The van der Waals surface area contributed by atoms with Crippen LogP contribution in [0.3, 0.4) is 0 Å². The van der Waals surface area contributed by atoms with Crippen molar-refractivity contribution in [2.45, 2.75) is 31.6 Å². The van der Waals surface area contributed by atoms with Crippen LogP contribution in [0.25, 0.3) is 0 Å². The Balaban J connectivity index is 2.32. The maximum Gasteiger partial charge on any atom is 0.122 e. The molecule has 0 radical (unpaired) electrons. The molecule has 0 heterocycles. The van der Waals surface area contributed by atoms with Crippen LogP contribution in [-0.2, 0) is 0 Å². The maximum absolute atomic E-state index is 9.73. The summed E-state index contributed by atoms with van der Waals surface area (Å²) in [4.78, 5) is 0. The predicted molar refractivity (Wildman–Crippen MR) is 71.3 cm³/mol. The Kier molecular flexibility index (Phi) is 4.48. The summed E-state index contributed by atoms with van der Waals surface area (Å²) in [5.41, 5.74) is 1.08. The van der Waals surface area contributed by atoms with Gasteiger partial charge in [0, 0.05) is 11.5 Å². The summed E-state index contributed by atoms with van der Waals surface area (Å²) in [5, 5.41) is 9.73. The molecule has 1 aromatic carbocycles. The average molecular weight is 250 g/mol. The van der Waals surface area contributed by atoms with Gasteiger partial charge in [0.1, 0.15) is 11.5 Å². The second-order valence-corrected chi connectivity index (χ2v) is 4.94. The van der Waals surface area contributed by atoms with Gasteiger partial charge in [0.2, 0.25) is 0 Å². The summed E-state index contributed by atoms with van der Waals surface area (Å²) in [7, 11) is 3.34. The number of methoxy groups -OCH3 is 2. The van der Waals surface area contributed by atoms with Gasteiger partial charge in [0.15, 0.2) is 0 Å². The molecule has 1 aliphatic carbocycles. The Morgan fingerprint density at radius 1 is 1.22 bits per heavy atom. The highest BCUT2D eigenvalue weighted by Gasteiger charge is 2.28. The smallest absolute Gasteiger partial charge is 0.122 e. The molecule has 1 atom stereocenters. The van der Waals surface area contributed by atoms with Gasteiger partial charge in [-0.1, -0.05) is 12.8 Å². The Morgan fingerprint density at radius 3 is 2.50 bits per heavy atom. The number of hydrogen-bond donors (Lipinski definition) is 1. The number of rotatable bonds is 5. The summed E-state index contributed by atoms with van der Waals surface area (Å²) in [6.07, 6.45) is 4.94. The fourth-order valence-electron chi connectivity index (χ4n) is 2.99. The molecule has 0 saturated heterocycles. The van der Waals surface area contributed by atoms with Crippen LogP contribution in [0.1, 0.15) is 37.2 Å². The third-order valence-corrected chi connectivity index (χ3v) is 4.00. The van der Waals surface area contributed by atoms with E-state index in [1.54, 1.807) is 14.2 Å². The zero-order valence-corrected chi connectivity index (χ0v) is 11.2. The van der Waals surface area contributed by atoms with E-state index < -0.39 is 0 Å². The van der Waals surface area contributed by atoms with Crippen molar-refractivity contribution in [2.24, 2.45) is 5.92 Å². The first-order chi connectivity index (χ1) is 8.80. The molecule has 3 nitrogen and oxygen atoms in total. The lowest BCUT2D eigenvalue weighted by Crippen LogP contribution is -2.15. The van der Waals surface area contributed by atoms with E-state index in [-0.39, 0.29) is 12.5 Å². The van der Waals surface area contributed by atoms with E-state index in [0.29, 0.717) is 5.92 Å². The summed E-state index contributed by atoms with van der Waals surface area (Å²) in [5.74, 6) is 2.40. The SMILES string of the molecule is COc1ccc(OC)c(C(CO)C2CCCC2)c1. The highest BCUT2D eigenvalue weighted by molar-refractivity contribution is 5.43. The van der Waals surface area contributed by atoms with E-state index in [4.69, 9.17) is 9.47 Å². The number of aliphatic hydroxyl groups excluding tert-OH is 1. The lowest BCUT2D eigenvalue weighted by molar-refractivity contribution is 0.222. The fraction of sp³-hybridized carbons (Fsp3) is 0.600. The average Bonchev–Trinajstić information content (AvgIpc) is 2.93. The van der Waals surface area contributed by atoms with Gasteiger partial charge in [0.25, 0.3) is 0 Å². The van der Waals surface area contributed by atoms with Crippen LogP contribution in [0.2, 0.25) is 0 Å². The highest BCUT2D eigenvalue weighted by atomic mass is 16.5. The maximum atomic E-state index is 9.73. The van der Waals surface area contributed by atoms with Crippen LogP contribution >= 0.6 is 0 Å². The van der Waals surface area contributed by atoms with Crippen LogP contribution < -0.4 is 9.47 Å². The number of benzene rings is 1. The van der Waals surface area contributed by atoms with Crippen molar-refractivity contribution in [3.05, 3.63) is 23.8 Å². The standard InChI is InChI=1S/C15H22O3/c1-17-12-7-8-15(18-2)13(9-12)14(10-16)11-5-3-4-6-11/h7-9,11,14,16H,3-6,10H2,1-2H3. The predicted octanol–water partition coefficient (Wildman–Crippen LogP) is 2.97. The Hall–Kier alpha value is -1.22. The first-order valence-corrected chi connectivity index (χ1v) is 6.63. The minimum absolute atomic E-state index is 0.164. The van der Waals surface area contributed by atoms with Crippen molar-refractivity contribution in [3.8, 4) is 11.5 Å². The normalized spacial score (nSPS) is 17.7. The monoisotopic (exact) mass is 250 g/mol. The van der Waals surface area contributed by atoms with E-state index in [1.165, 1.54) is 25.7 Å². The third-order valence-electron chi connectivity index (χ3n) is 4.00. The summed E-state index contributed by atoms with van der Waals surface area (Å²) < 4.78 is 10.7. The van der Waals surface area contributed by atoms with E-state index in [1.807, 2.05) is 18.2 Å². The topological polar surface area (TPSA) is 38.7 Å². The molecule has 1 aromatic rings. The van der Waals surface area contributed by atoms with Crippen LogP contribution in [0, 0.1) is 5.92 Å². The van der Waals surface area contributed by atoms with E-state index >= 15 is 0 Å². The van der Waals surface area contributed by atoms with Crippen molar-refractivity contribution in [1.82, 2.24) is 0 Å². The zero-order valence-electron chi connectivity index (χ0n) is 11.2. The number of ether oxygens (including phenoxy) is 2. The number of hydrogen-bond acceptors (Lipinski definition) is 3. The van der Waals surface area contributed by atoms with Crippen LogP contribution in [0.4, 0.5) is 0 Å². The molecule has 0 spiro atoms. The lowest BCUT2D eigenvalue weighted by Gasteiger charge is -2.24. The minimum Gasteiger partial charge on any atom is -0.497 e. The van der Waals surface area contributed by atoms with Crippen molar-refractivity contribution in [2.75, 3.05) is 20.8 Å². The molecule has 1 unspecified atom stereocenters. The van der Waals surface area contributed by atoms with Crippen LogP contribution in [-0.4, -0.2) is 25.9 Å². The van der Waals surface area contributed by atoms with E-state index in [0.717, 1.165) is 17.1 Å². The molecule has 1 N–H and O–H groups in total. The third kappa shape index (κ3) is 2.61. The molecule has 1 saturated carbocycles. The second-order valence-electron chi connectivity index (χ2n) is 4.94. The molecule has 0 bridgehead atoms. The van der Waals surface area contributed by atoms with Gasteiger partial charge in [-0.05, 0) is 37.0 Å².